The highest BCUT2D eigenvalue weighted by molar-refractivity contribution is 5.96. The Balaban J connectivity index is 1.83. The maximum absolute atomic E-state index is 13.4. The van der Waals surface area contributed by atoms with Gasteiger partial charge in [-0.05, 0) is 48.2 Å². The van der Waals surface area contributed by atoms with Gasteiger partial charge in [-0.2, -0.15) is 4.98 Å². The van der Waals surface area contributed by atoms with Crippen molar-refractivity contribution in [2.45, 2.75) is 26.8 Å². The van der Waals surface area contributed by atoms with Gasteiger partial charge in [0.05, 0.1) is 7.11 Å². The number of aromatic nitrogens is 4. The van der Waals surface area contributed by atoms with Crippen LogP contribution in [0.25, 0.3) is 22.0 Å². The van der Waals surface area contributed by atoms with Gasteiger partial charge in [-0.15, -0.1) is 0 Å². The lowest BCUT2D eigenvalue weighted by molar-refractivity contribution is 0.333. The summed E-state index contributed by atoms with van der Waals surface area (Å²) in [7, 11) is 1.59. The van der Waals surface area contributed by atoms with Crippen LogP contribution in [0.4, 0.5) is 10.2 Å². The Kier molecular flexibility index (Phi) is 5.31. The summed E-state index contributed by atoms with van der Waals surface area (Å²) in [5.74, 6) is 2.17. The lowest BCUT2D eigenvalue weighted by Gasteiger charge is -2.20. The van der Waals surface area contributed by atoms with Crippen molar-refractivity contribution in [3.05, 3.63) is 60.3 Å². The zero-order valence-electron chi connectivity index (χ0n) is 17.2. The second kappa shape index (κ2) is 8.06. The number of halogens is 1. The molecule has 0 radical (unpaired) electrons. The molecule has 0 aliphatic rings. The zero-order valence-corrected chi connectivity index (χ0v) is 17.2. The van der Waals surface area contributed by atoms with Crippen LogP contribution in [0, 0.1) is 18.7 Å². The Morgan fingerprint density at radius 1 is 1.07 bits per heavy atom. The molecule has 0 aliphatic carbocycles. The van der Waals surface area contributed by atoms with Crippen molar-refractivity contribution in [2.75, 3.05) is 12.4 Å². The lowest BCUT2D eigenvalue weighted by Crippen LogP contribution is -2.18. The first-order valence-corrected chi connectivity index (χ1v) is 9.61. The molecule has 4 aromatic rings. The van der Waals surface area contributed by atoms with Crippen molar-refractivity contribution in [2.24, 2.45) is 5.92 Å². The normalized spacial score (nSPS) is 12.3. The van der Waals surface area contributed by atoms with Crippen LogP contribution in [0.3, 0.4) is 0 Å². The van der Waals surface area contributed by atoms with E-state index in [1.807, 2.05) is 12.1 Å². The van der Waals surface area contributed by atoms with Crippen molar-refractivity contribution < 1.29 is 13.7 Å². The third-order valence-corrected chi connectivity index (χ3v) is 4.87. The number of nitrogens with zero attached hydrogens (tertiary/aromatic N) is 4. The minimum atomic E-state index is -0.285. The van der Waals surface area contributed by atoms with Crippen LogP contribution >= 0.6 is 0 Å². The molecular formula is C22H22FN5O2. The molecule has 0 saturated heterocycles. The Hall–Kier alpha value is -3.55. The highest BCUT2D eigenvalue weighted by Gasteiger charge is 2.24. The van der Waals surface area contributed by atoms with Crippen LogP contribution in [0.1, 0.15) is 31.6 Å². The Bertz CT molecular complexity index is 1170. The third-order valence-electron chi connectivity index (χ3n) is 4.87. The molecule has 0 amide bonds. The first-order valence-electron chi connectivity index (χ1n) is 9.61. The summed E-state index contributed by atoms with van der Waals surface area (Å²) < 4.78 is 24.3. The van der Waals surface area contributed by atoms with E-state index in [-0.39, 0.29) is 17.8 Å². The van der Waals surface area contributed by atoms with Gasteiger partial charge < -0.3 is 14.6 Å². The number of nitrogens with one attached hydrogen (secondary N) is 1. The van der Waals surface area contributed by atoms with Gasteiger partial charge in [0.1, 0.15) is 35.3 Å². The zero-order chi connectivity index (χ0) is 21.3. The number of hydrogen-bond acceptors (Lipinski definition) is 7. The Morgan fingerprint density at radius 3 is 2.47 bits per heavy atom. The molecule has 0 bridgehead atoms. The van der Waals surface area contributed by atoms with Gasteiger partial charge in [-0.1, -0.05) is 31.1 Å². The monoisotopic (exact) mass is 407 g/mol. The summed E-state index contributed by atoms with van der Waals surface area (Å²) in [4.78, 5) is 13.2. The number of hydrogen-bond donors (Lipinski definition) is 1. The van der Waals surface area contributed by atoms with Crippen LogP contribution in [0.2, 0.25) is 0 Å². The number of aryl methyl sites for hydroxylation is 1. The van der Waals surface area contributed by atoms with E-state index in [2.05, 4.69) is 39.3 Å². The Labute approximate surface area is 173 Å². The highest BCUT2D eigenvalue weighted by Crippen LogP contribution is 2.35. The summed E-state index contributed by atoms with van der Waals surface area (Å²) >= 11 is 0. The maximum atomic E-state index is 13.4. The summed E-state index contributed by atoms with van der Waals surface area (Å²) in [6, 6.07) is 9.93. The van der Waals surface area contributed by atoms with Crippen LogP contribution in [-0.4, -0.2) is 27.2 Å². The molecule has 2 aromatic carbocycles. The number of anilines is 1. The number of fused-ring (bicyclic) bond motifs is 1. The number of rotatable bonds is 6. The first-order chi connectivity index (χ1) is 14.5. The number of benzene rings is 2. The van der Waals surface area contributed by atoms with Crippen molar-refractivity contribution in [3.63, 3.8) is 0 Å². The third kappa shape index (κ3) is 3.80. The van der Waals surface area contributed by atoms with Gasteiger partial charge in [-0.25, -0.2) is 14.4 Å². The van der Waals surface area contributed by atoms with E-state index >= 15 is 0 Å². The van der Waals surface area contributed by atoms with E-state index in [1.165, 1.54) is 18.5 Å². The topological polar surface area (TPSA) is 86.0 Å². The molecule has 0 aliphatic heterocycles. The minimum Gasteiger partial charge on any atom is -0.494 e. The average molecular weight is 407 g/mol. The fraction of sp³-hybridized carbons (Fsp3) is 0.273. The standard InChI is InChI=1S/C22H22FN5O2/c1-12(2)19(22-26-13(3)28-30-22)27-21-17-9-15(14-5-7-16(23)8-6-14)10-18(29-4)20(17)24-11-25-21/h5-12,19H,1-4H3,(H,24,25,27). The molecule has 1 N–H and O–H groups in total. The highest BCUT2D eigenvalue weighted by atomic mass is 19.1. The van der Waals surface area contributed by atoms with Gasteiger partial charge in [0.25, 0.3) is 0 Å². The second-order valence-electron chi connectivity index (χ2n) is 7.35. The molecule has 1 unspecified atom stereocenters. The van der Waals surface area contributed by atoms with E-state index in [9.17, 15) is 4.39 Å². The van der Waals surface area contributed by atoms with Gasteiger partial charge in [0, 0.05) is 5.39 Å². The number of ether oxygens (including phenoxy) is 1. The SMILES string of the molecule is COc1cc(-c2ccc(F)cc2)cc2c(NC(c3nc(C)no3)C(C)C)ncnc12. The summed E-state index contributed by atoms with van der Waals surface area (Å²) in [6.07, 6.45) is 1.49. The largest absolute Gasteiger partial charge is 0.494 e. The van der Waals surface area contributed by atoms with Crippen molar-refractivity contribution in [3.8, 4) is 16.9 Å². The molecule has 2 heterocycles. The van der Waals surface area contributed by atoms with E-state index in [1.54, 1.807) is 26.2 Å². The molecule has 30 heavy (non-hydrogen) atoms. The van der Waals surface area contributed by atoms with Crippen molar-refractivity contribution in [1.29, 1.82) is 0 Å². The minimum absolute atomic E-state index is 0.164. The molecule has 154 valence electrons. The second-order valence-corrected chi connectivity index (χ2v) is 7.35. The molecule has 2 aromatic heterocycles. The predicted octanol–water partition coefficient (Wildman–Crippen LogP) is 4.95. The first kappa shape index (κ1) is 19.8. The van der Waals surface area contributed by atoms with Crippen LogP contribution in [0.5, 0.6) is 5.75 Å². The van der Waals surface area contributed by atoms with E-state index < -0.39 is 0 Å². The maximum Gasteiger partial charge on any atom is 0.249 e. The van der Waals surface area contributed by atoms with Gasteiger partial charge in [-0.3, -0.25) is 0 Å². The fourth-order valence-corrected chi connectivity index (χ4v) is 3.32. The van der Waals surface area contributed by atoms with E-state index in [0.717, 1.165) is 16.5 Å². The summed E-state index contributed by atoms with van der Waals surface area (Å²) in [5.41, 5.74) is 2.40. The molecule has 4 rings (SSSR count). The van der Waals surface area contributed by atoms with Gasteiger partial charge in [0.2, 0.25) is 5.89 Å². The van der Waals surface area contributed by atoms with Crippen molar-refractivity contribution in [1.82, 2.24) is 20.1 Å². The quantitative estimate of drug-likeness (QED) is 0.484. The lowest BCUT2D eigenvalue weighted by atomic mass is 10.0. The molecule has 7 nitrogen and oxygen atoms in total. The van der Waals surface area contributed by atoms with Gasteiger partial charge >= 0.3 is 0 Å². The smallest absolute Gasteiger partial charge is 0.249 e. The molecule has 0 fully saturated rings. The van der Waals surface area contributed by atoms with Crippen LogP contribution < -0.4 is 10.1 Å². The van der Waals surface area contributed by atoms with Crippen LogP contribution in [-0.2, 0) is 0 Å². The number of methoxy groups -OCH3 is 1. The molecule has 0 saturated carbocycles. The van der Waals surface area contributed by atoms with E-state index in [0.29, 0.717) is 28.8 Å². The molecular weight excluding hydrogens is 385 g/mol. The fourth-order valence-electron chi connectivity index (χ4n) is 3.32. The van der Waals surface area contributed by atoms with Crippen molar-refractivity contribution >= 4 is 16.7 Å². The van der Waals surface area contributed by atoms with E-state index in [4.69, 9.17) is 9.26 Å². The molecule has 8 heteroatoms. The van der Waals surface area contributed by atoms with Gasteiger partial charge in [0.15, 0.2) is 5.82 Å². The van der Waals surface area contributed by atoms with Crippen LogP contribution in [0.15, 0.2) is 47.2 Å². The predicted molar refractivity (Wildman–Crippen MR) is 112 cm³/mol. The summed E-state index contributed by atoms with van der Waals surface area (Å²) in [6.45, 7) is 5.90. The summed E-state index contributed by atoms with van der Waals surface area (Å²) in [5, 5.41) is 8.11. The molecule has 0 spiro atoms. The Morgan fingerprint density at radius 2 is 1.83 bits per heavy atom. The molecule has 1 atom stereocenters. The average Bonchev–Trinajstić information content (AvgIpc) is 3.17.